The number of fused-ring (bicyclic) bond motifs is 6. The van der Waals surface area contributed by atoms with E-state index in [1.165, 1.54) is 22.3 Å². The van der Waals surface area contributed by atoms with Crippen LogP contribution in [0.3, 0.4) is 0 Å². The van der Waals surface area contributed by atoms with Gasteiger partial charge in [0.2, 0.25) is 11.0 Å². The number of nitrogens with one attached hydrogen (secondary N) is 1. The monoisotopic (exact) mass is 486 g/mol. The standard InChI is InChI=1S/C26H26N6O2S/c1-3-22-28-29-26(35-22)27-21(33)13-15-31-20-11-7-4-8-16(20)17-12-14-32-24(23(17)31)30(2)19-10-6-5-9-18(19)25(32)34/h4-11,24H,3,12-15H2,1-2H3,(H,27,29,33)/t24-/m1/s1. The van der Waals surface area contributed by atoms with E-state index in [0.29, 0.717) is 24.6 Å². The van der Waals surface area contributed by atoms with E-state index in [1.54, 1.807) is 0 Å². The van der Waals surface area contributed by atoms with Gasteiger partial charge in [-0.25, -0.2) is 0 Å². The van der Waals surface area contributed by atoms with Gasteiger partial charge in [-0.3, -0.25) is 9.59 Å². The molecule has 1 atom stereocenters. The molecule has 4 heterocycles. The summed E-state index contributed by atoms with van der Waals surface area (Å²) >= 11 is 1.41. The Morgan fingerprint density at radius 2 is 1.94 bits per heavy atom. The highest BCUT2D eigenvalue weighted by atomic mass is 32.1. The second-order valence-electron chi connectivity index (χ2n) is 8.94. The maximum Gasteiger partial charge on any atom is 0.257 e. The Labute approximate surface area is 207 Å². The summed E-state index contributed by atoms with van der Waals surface area (Å²) in [6.07, 6.45) is 1.67. The van der Waals surface area contributed by atoms with Crippen molar-refractivity contribution in [3.63, 3.8) is 0 Å². The third kappa shape index (κ3) is 3.49. The van der Waals surface area contributed by atoms with Crippen LogP contribution in [0.5, 0.6) is 0 Å². The molecule has 4 aromatic rings. The van der Waals surface area contributed by atoms with Crippen LogP contribution >= 0.6 is 11.3 Å². The predicted octanol–water partition coefficient (Wildman–Crippen LogP) is 4.23. The van der Waals surface area contributed by atoms with Gasteiger partial charge in [0.05, 0.1) is 16.9 Å². The minimum absolute atomic E-state index is 0.0619. The lowest BCUT2D eigenvalue weighted by Crippen LogP contribution is -2.51. The van der Waals surface area contributed by atoms with Gasteiger partial charge in [0.1, 0.15) is 11.2 Å². The van der Waals surface area contributed by atoms with Gasteiger partial charge >= 0.3 is 0 Å². The van der Waals surface area contributed by atoms with E-state index < -0.39 is 0 Å². The lowest BCUT2D eigenvalue weighted by molar-refractivity contribution is -0.116. The van der Waals surface area contributed by atoms with E-state index in [0.717, 1.165) is 40.3 Å². The molecule has 8 nitrogen and oxygen atoms in total. The molecule has 0 unspecified atom stereocenters. The molecule has 0 saturated heterocycles. The number of para-hydroxylation sites is 2. The Balaban J connectivity index is 1.37. The van der Waals surface area contributed by atoms with Gasteiger partial charge in [-0.15, -0.1) is 10.2 Å². The van der Waals surface area contributed by atoms with Crippen LogP contribution in [0.15, 0.2) is 48.5 Å². The van der Waals surface area contributed by atoms with Crippen LogP contribution in [0.25, 0.3) is 10.9 Å². The average molecular weight is 487 g/mol. The number of aromatic nitrogens is 3. The van der Waals surface area contributed by atoms with Gasteiger partial charge in [0.15, 0.2) is 0 Å². The topological polar surface area (TPSA) is 83.4 Å². The number of hydrogen-bond acceptors (Lipinski definition) is 6. The summed E-state index contributed by atoms with van der Waals surface area (Å²) in [6, 6.07) is 16.1. The van der Waals surface area contributed by atoms with Crippen molar-refractivity contribution in [1.29, 1.82) is 0 Å². The highest BCUT2D eigenvalue weighted by Crippen LogP contribution is 2.44. The van der Waals surface area contributed by atoms with Crippen molar-refractivity contribution < 1.29 is 9.59 Å². The molecule has 0 aliphatic carbocycles. The van der Waals surface area contributed by atoms with E-state index in [-0.39, 0.29) is 18.0 Å². The van der Waals surface area contributed by atoms with Gasteiger partial charge in [0.25, 0.3) is 5.91 Å². The molecule has 0 fully saturated rings. The summed E-state index contributed by atoms with van der Waals surface area (Å²) in [5.74, 6) is -0.0340. The van der Waals surface area contributed by atoms with Crippen LogP contribution in [0.1, 0.15) is 46.1 Å². The minimum Gasteiger partial charge on any atom is -0.349 e. The van der Waals surface area contributed by atoms with E-state index in [2.05, 4.69) is 43.2 Å². The van der Waals surface area contributed by atoms with Crippen molar-refractivity contribution >= 4 is 44.9 Å². The molecule has 2 amide bonds. The molecule has 35 heavy (non-hydrogen) atoms. The van der Waals surface area contributed by atoms with E-state index in [4.69, 9.17) is 0 Å². The lowest BCUT2D eigenvalue weighted by atomic mass is 9.96. The average Bonchev–Trinajstić information content (AvgIpc) is 3.47. The number of aryl methyl sites for hydroxylation is 2. The Kier molecular flexibility index (Phi) is 5.29. The van der Waals surface area contributed by atoms with Gasteiger partial charge in [0, 0.05) is 37.5 Å². The highest BCUT2D eigenvalue weighted by molar-refractivity contribution is 7.15. The van der Waals surface area contributed by atoms with Crippen LogP contribution < -0.4 is 10.2 Å². The first-order valence-electron chi connectivity index (χ1n) is 11.9. The van der Waals surface area contributed by atoms with Crippen molar-refractivity contribution in [2.45, 2.75) is 38.9 Å². The summed E-state index contributed by atoms with van der Waals surface area (Å²) in [5, 5.41) is 13.7. The zero-order valence-electron chi connectivity index (χ0n) is 19.7. The molecule has 0 saturated carbocycles. The molecular formula is C26H26N6O2S. The molecule has 1 N–H and O–H groups in total. The van der Waals surface area contributed by atoms with Crippen molar-refractivity contribution in [2.24, 2.45) is 0 Å². The van der Waals surface area contributed by atoms with Gasteiger partial charge in [-0.2, -0.15) is 0 Å². The second-order valence-corrected chi connectivity index (χ2v) is 10.00. The van der Waals surface area contributed by atoms with Crippen LogP contribution in [0.4, 0.5) is 10.8 Å². The second kappa shape index (κ2) is 8.49. The molecule has 178 valence electrons. The number of nitrogens with zero attached hydrogens (tertiary/aromatic N) is 5. The Morgan fingerprint density at radius 1 is 1.14 bits per heavy atom. The number of anilines is 2. The fourth-order valence-electron chi connectivity index (χ4n) is 5.39. The van der Waals surface area contributed by atoms with Gasteiger partial charge in [-0.05, 0) is 36.6 Å². The van der Waals surface area contributed by atoms with Crippen molar-refractivity contribution in [2.75, 3.05) is 23.8 Å². The molecular weight excluding hydrogens is 460 g/mol. The smallest absolute Gasteiger partial charge is 0.257 e. The molecule has 0 bridgehead atoms. The Bertz CT molecular complexity index is 1460. The molecule has 2 aromatic heterocycles. The minimum atomic E-state index is -0.216. The summed E-state index contributed by atoms with van der Waals surface area (Å²) < 4.78 is 2.23. The number of carbonyl (C=O) groups excluding carboxylic acids is 2. The van der Waals surface area contributed by atoms with Crippen molar-refractivity contribution in [3.8, 4) is 0 Å². The molecule has 9 heteroatoms. The van der Waals surface area contributed by atoms with Gasteiger partial charge in [-0.1, -0.05) is 48.6 Å². The summed E-state index contributed by atoms with van der Waals surface area (Å²) in [6.45, 7) is 3.19. The van der Waals surface area contributed by atoms with Crippen LogP contribution in [0, 0.1) is 0 Å². The Hall–Kier alpha value is -3.72. The largest absolute Gasteiger partial charge is 0.349 e. The highest BCUT2D eigenvalue weighted by Gasteiger charge is 2.42. The number of rotatable bonds is 5. The number of amides is 2. The lowest BCUT2D eigenvalue weighted by Gasteiger charge is -2.46. The summed E-state index contributed by atoms with van der Waals surface area (Å²) in [5.41, 5.74) is 5.12. The normalized spacial score (nSPS) is 16.7. The quantitative estimate of drug-likeness (QED) is 0.456. The molecule has 6 rings (SSSR count). The van der Waals surface area contributed by atoms with Crippen molar-refractivity contribution in [3.05, 3.63) is 70.4 Å². The van der Waals surface area contributed by atoms with Crippen LogP contribution in [-0.2, 0) is 24.2 Å². The SMILES string of the molecule is CCc1nnc(NC(=O)CCn2c3c(c4ccccc42)CCN2C(=O)c4ccccc4N(C)[C@@H]32)s1. The number of benzene rings is 2. The fraction of sp³-hybridized carbons (Fsp3) is 0.308. The number of carbonyl (C=O) groups is 2. The van der Waals surface area contributed by atoms with E-state index >= 15 is 0 Å². The molecule has 0 spiro atoms. The van der Waals surface area contributed by atoms with E-state index in [9.17, 15) is 9.59 Å². The summed E-state index contributed by atoms with van der Waals surface area (Å²) in [4.78, 5) is 30.4. The molecule has 2 aliphatic heterocycles. The first-order chi connectivity index (χ1) is 17.1. The maximum atomic E-state index is 13.4. The zero-order chi connectivity index (χ0) is 24.1. The first kappa shape index (κ1) is 21.8. The fourth-order valence-corrected chi connectivity index (χ4v) is 6.09. The molecule has 2 aromatic carbocycles. The maximum absolute atomic E-state index is 13.4. The van der Waals surface area contributed by atoms with Crippen LogP contribution in [0.2, 0.25) is 0 Å². The molecule has 2 aliphatic rings. The van der Waals surface area contributed by atoms with Crippen molar-refractivity contribution in [1.82, 2.24) is 19.7 Å². The summed E-state index contributed by atoms with van der Waals surface area (Å²) in [7, 11) is 2.05. The number of hydrogen-bond donors (Lipinski definition) is 1. The first-order valence-corrected chi connectivity index (χ1v) is 12.7. The third-order valence-electron chi connectivity index (χ3n) is 6.98. The van der Waals surface area contributed by atoms with E-state index in [1.807, 2.05) is 49.2 Å². The predicted molar refractivity (Wildman–Crippen MR) is 137 cm³/mol. The molecule has 0 radical (unpaired) electrons. The third-order valence-corrected chi connectivity index (χ3v) is 7.97. The zero-order valence-corrected chi connectivity index (χ0v) is 20.5. The van der Waals surface area contributed by atoms with Gasteiger partial charge < -0.3 is 19.7 Å². The van der Waals surface area contributed by atoms with Crippen LogP contribution in [-0.4, -0.2) is 45.1 Å². The Morgan fingerprint density at radius 3 is 2.77 bits per heavy atom.